The normalized spacial score (nSPS) is 22.1. The third kappa shape index (κ3) is 1.43. The van der Waals surface area contributed by atoms with E-state index in [1.165, 1.54) is 20.8 Å². The van der Waals surface area contributed by atoms with E-state index in [0.717, 1.165) is 0 Å². The van der Waals surface area contributed by atoms with Crippen LogP contribution in [0.25, 0.3) is 0 Å². The number of urea groups is 1. The van der Waals surface area contributed by atoms with Crippen LogP contribution in [-0.4, -0.2) is 34.4 Å². The molecule has 0 aliphatic carbocycles. The van der Waals surface area contributed by atoms with Gasteiger partial charge in [0.05, 0.1) is 12.0 Å². The fraction of sp³-hybridized carbons (Fsp3) is 0.625. The van der Waals surface area contributed by atoms with E-state index in [-0.39, 0.29) is 0 Å². The van der Waals surface area contributed by atoms with Gasteiger partial charge in [-0.2, -0.15) is 0 Å². The highest BCUT2D eigenvalue weighted by Crippen LogP contribution is 2.18. The molecular formula is C8H11N2O4-. The summed E-state index contributed by atoms with van der Waals surface area (Å²) in [7, 11) is 0. The van der Waals surface area contributed by atoms with Crippen LogP contribution in [0.4, 0.5) is 4.79 Å². The van der Waals surface area contributed by atoms with Crippen molar-refractivity contribution in [2.45, 2.75) is 32.4 Å². The smallest absolute Gasteiger partial charge is 0.325 e. The average Bonchev–Trinajstić information content (AvgIpc) is 2.21. The number of carboxylic acids is 1. The summed E-state index contributed by atoms with van der Waals surface area (Å²) in [6, 6.07) is -1.94. The van der Waals surface area contributed by atoms with Crippen LogP contribution in [0.15, 0.2) is 0 Å². The third-order valence-corrected chi connectivity index (χ3v) is 2.12. The van der Waals surface area contributed by atoms with Crippen LogP contribution in [0.1, 0.15) is 20.8 Å². The van der Waals surface area contributed by atoms with E-state index in [1.54, 1.807) is 0 Å². The number of imide groups is 1. The number of amides is 3. The molecule has 1 fully saturated rings. The number of aliphatic carboxylic acids is 1. The van der Waals surface area contributed by atoms with Crippen molar-refractivity contribution in [2.75, 3.05) is 0 Å². The molecule has 14 heavy (non-hydrogen) atoms. The number of hydrogen-bond acceptors (Lipinski definition) is 4. The number of nitrogens with zero attached hydrogens (tertiary/aromatic N) is 1. The SMILES string of the molecule is C[C@@H](C(=O)[O-])N1C(=O)NC(C)(C)C1=O. The molecule has 6 nitrogen and oxygen atoms in total. The molecule has 0 aromatic carbocycles. The number of carbonyl (C=O) groups is 3. The molecule has 6 heteroatoms. The first-order chi connectivity index (χ1) is 6.27. The van der Waals surface area contributed by atoms with Gasteiger partial charge in [0.25, 0.3) is 5.91 Å². The molecule has 1 heterocycles. The summed E-state index contributed by atoms with van der Waals surface area (Å²) in [5, 5.41) is 12.9. The molecule has 0 unspecified atom stereocenters. The van der Waals surface area contributed by atoms with Gasteiger partial charge in [0.2, 0.25) is 0 Å². The summed E-state index contributed by atoms with van der Waals surface area (Å²) >= 11 is 0. The van der Waals surface area contributed by atoms with Crippen molar-refractivity contribution in [3.8, 4) is 0 Å². The second-order valence-corrected chi connectivity index (χ2v) is 3.73. The fourth-order valence-corrected chi connectivity index (χ4v) is 1.23. The Bertz CT molecular complexity index is 310. The number of rotatable bonds is 2. The number of nitrogens with one attached hydrogen (secondary N) is 1. The highest BCUT2D eigenvalue weighted by molar-refractivity contribution is 6.08. The van der Waals surface area contributed by atoms with Gasteiger partial charge in [-0.3, -0.25) is 9.69 Å². The van der Waals surface area contributed by atoms with E-state index in [1.807, 2.05) is 0 Å². The van der Waals surface area contributed by atoms with Crippen molar-refractivity contribution < 1.29 is 19.5 Å². The van der Waals surface area contributed by atoms with Crippen molar-refractivity contribution in [3.05, 3.63) is 0 Å². The highest BCUT2D eigenvalue weighted by atomic mass is 16.4. The van der Waals surface area contributed by atoms with Crippen molar-refractivity contribution in [1.29, 1.82) is 0 Å². The van der Waals surface area contributed by atoms with E-state index < -0.39 is 29.5 Å². The van der Waals surface area contributed by atoms with Crippen molar-refractivity contribution >= 4 is 17.9 Å². The fourth-order valence-electron chi connectivity index (χ4n) is 1.23. The first kappa shape index (κ1) is 10.5. The Morgan fingerprint density at radius 1 is 1.50 bits per heavy atom. The summed E-state index contributed by atoms with van der Waals surface area (Å²) in [6.07, 6.45) is 0. The summed E-state index contributed by atoms with van der Waals surface area (Å²) in [6.45, 7) is 4.25. The van der Waals surface area contributed by atoms with Gasteiger partial charge >= 0.3 is 6.03 Å². The molecule has 0 bridgehead atoms. The monoisotopic (exact) mass is 199 g/mol. The number of carboxylic acid groups (broad SMARTS) is 1. The molecule has 1 saturated heterocycles. The minimum absolute atomic E-state index is 0.556. The van der Waals surface area contributed by atoms with E-state index in [4.69, 9.17) is 0 Å². The third-order valence-electron chi connectivity index (χ3n) is 2.12. The first-order valence-electron chi connectivity index (χ1n) is 4.14. The van der Waals surface area contributed by atoms with Gasteiger partial charge in [0.1, 0.15) is 5.54 Å². The summed E-state index contributed by atoms with van der Waals surface area (Å²) in [5.74, 6) is -2.01. The zero-order chi connectivity index (χ0) is 11.1. The quantitative estimate of drug-likeness (QED) is 0.545. The number of carbonyl (C=O) groups excluding carboxylic acids is 3. The van der Waals surface area contributed by atoms with E-state index in [2.05, 4.69) is 5.32 Å². The predicted molar refractivity (Wildman–Crippen MR) is 43.9 cm³/mol. The van der Waals surface area contributed by atoms with Crippen molar-refractivity contribution in [1.82, 2.24) is 10.2 Å². The standard InChI is InChI=1S/C8H12N2O4/c1-4(5(11)12)10-6(13)8(2,3)9-7(10)14/h4H,1-3H3,(H,9,14)(H,11,12)/p-1/t4-/m0/s1. The molecule has 0 aromatic rings. The Hall–Kier alpha value is -1.59. The van der Waals surface area contributed by atoms with Crippen molar-refractivity contribution in [2.24, 2.45) is 0 Å². The Balaban J connectivity index is 2.97. The molecule has 0 spiro atoms. The molecule has 1 atom stereocenters. The van der Waals surface area contributed by atoms with Crippen molar-refractivity contribution in [3.63, 3.8) is 0 Å². The maximum absolute atomic E-state index is 11.5. The predicted octanol–water partition coefficient (Wildman–Crippen LogP) is -1.54. The lowest BCUT2D eigenvalue weighted by atomic mass is 10.1. The van der Waals surface area contributed by atoms with Gasteiger partial charge in [-0.1, -0.05) is 0 Å². The molecule has 1 rings (SSSR count). The van der Waals surface area contributed by atoms with Crippen LogP contribution in [-0.2, 0) is 9.59 Å². The molecule has 0 saturated carbocycles. The second kappa shape index (κ2) is 2.97. The maximum Gasteiger partial charge on any atom is 0.325 e. The molecule has 0 radical (unpaired) electrons. The summed E-state index contributed by atoms with van der Waals surface area (Å²) < 4.78 is 0. The van der Waals surface area contributed by atoms with Crippen LogP contribution in [0.2, 0.25) is 0 Å². The number of hydrogen-bond donors (Lipinski definition) is 1. The molecule has 3 amide bonds. The van der Waals surface area contributed by atoms with Gasteiger partial charge in [-0.25, -0.2) is 4.79 Å². The second-order valence-electron chi connectivity index (χ2n) is 3.73. The summed E-state index contributed by atoms with van der Waals surface area (Å²) in [5.41, 5.74) is -1.04. The molecule has 1 aliphatic heterocycles. The Kier molecular flexibility index (Phi) is 2.22. The maximum atomic E-state index is 11.5. The van der Waals surface area contributed by atoms with Gasteiger partial charge in [-0.05, 0) is 20.8 Å². The lowest BCUT2D eigenvalue weighted by molar-refractivity contribution is -0.309. The van der Waals surface area contributed by atoms with Crippen LogP contribution in [0.3, 0.4) is 0 Å². The topological polar surface area (TPSA) is 89.5 Å². The molecule has 1 N–H and O–H groups in total. The summed E-state index contributed by atoms with van der Waals surface area (Å²) in [4.78, 5) is 33.9. The van der Waals surface area contributed by atoms with Crippen LogP contribution in [0, 0.1) is 0 Å². The molecular weight excluding hydrogens is 188 g/mol. The van der Waals surface area contributed by atoms with Gasteiger partial charge in [0, 0.05) is 0 Å². The van der Waals surface area contributed by atoms with Gasteiger partial charge < -0.3 is 15.2 Å². The van der Waals surface area contributed by atoms with Crippen LogP contribution >= 0.6 is 0 Å². The van der Waals surface area contributed by atoms with E-state index >= 15 is 0 Å². The lowest BCUT2D eigenvalue weighted by Crippen LogP contribution is -2.50. The highest BCUT2D eigenvalue weighted by Gasteiger charge is 2.46. The van der Waals surface area contributed by atoms with Crippen LogP contribution < -0.4 is 10.4 Å². The molecule has 0 aromatic heterocycles. The minimum atomic E-state index is -1.45. The average molecular weight is 199 g/mol. The Morgan fingerprint density at radius 2 is 2.00 bits per heavy atom. The largest absolute Gasteiger partial charge is 0.548 e. The molecule has 78 valence electrons. The minimum Gasteiger partial charge on any atom is -0.548 e. The zero-order valence-electron chi connectivity index (χ0n) is 8.16. The van der Waals surface area contributed by atoms with Crippen LogP contribution in [0.5, 0.6) is 0 Å². The lowest BCUT2D eigenvalue weighted by Gasteiger charge is -2.23. The van der Waals surface area contributed by atoms with E-state index in [0.29, 0.717) is 4.90 Å². The molecule has 1 aliphatic rings. The van der Waals surface area contributed by atoms with E-state index in [9.17, 15) is 19.5 Å². The Morgan fingerprint density at radius 3 is 2.29 bits per heavy atom. The van der Waals surface area contributed by atoms with Gasteiger partial charge in [-0.15, -0.1) is 0 Å². The van der Waals surface area contributed by atoms with Gasteiger partial charge in [0.15, 0.2) is 0 Å². The first-order valence-corrected chi connectivity index (χ1v) is 4.14. The Labute approximate surface area is 80.9 Å². The zero-order valence-corrected chi connectivity index (χ0v) is 8.16.